The van der Waals surface area contributed by atoms with E-state index in [9.17, 15) is 9.59 Å². The molecule has 17 heavy (non-hydrogen) atoms. The molecule has 90 valence electrons. The topological polar surface area (TPSA) is 84.2 Å². The highest BCUT2D eigenvalue weighted by molar-refractivity contribution is 5.84. The van der Waals surface area contributed by atoms with Gasteiger partial charge < -0.3 is 16.4 Å². The number of rotatable bonds is 2. The fraction of sp³-hybridized carbons (Fsp3) is 0.333. The van der Waals surface area contributed by atoms with Gasteiger partial charge in [0.25, 0.3) is 0 Å². The van der Waals surface area contributed by atoms with Crippen molar-refractivity contribution in [2.24, 2.45) is 11.7 Å². The second kappa shape index (κ2) is 4.45. The number of benzene rings is 1. The highest BCUT2D eigenvalue weighted by Crippen LogP contribution is 2.27. The normalized spacial score (nSPS) is 28.1. The summed E-state index contributed by atoms with van der Waals surface area (Å²) in [6, 6.07) is 8.46. The Morgan fingerprint density at radius 3 is 2.47 bits per heavy atom. The number of amides is 3. The summed E-state index contributed by atoms with van der Waals surface area (Å²) in [6.07, 6.45) is 0. The van der Waals surface area contributed by atoms with Gasteiger partial charge in [0.2, 0.25) is 5.91 Å². The highest BCUT2D eigenvalue weighted by Gasteiger charge is 2.38. The van der Waals surface area contributed by atoms with Gasteiger partial charge in [-0.1, -0.05) is 30.3 Å². The van der Waals surface area contributed by atoms with Crippen molar-refractivity contribution in [3.63, 3.8) is 0 Å². The first-order valence-corrected chi connectivity index (χ1v) is 5.51. The van der Waals surface area contributed by atoms with Gasteiger partial charge in [0.1, 0.15) is 0 Å². The fourth-order valence-electron chi connectivity index (χ4n) is 2.22. The predicted molar refractivity (Wildman–Crippen MR) is 63.0 cm³/mol. The second-order valence-corrected chi connectivity index (χ2v) is 4.22. The molecule has 1 saturated heterocycles. The first-order chi connectivity index (χ1) is 8.09. The minimum atomic E-state index is -0.449. The van der Waals surface area contributed by atoms with Crippen molar-refractivity contribution < 1.29 is 9.59 Å². The van der Waals surface area contributed by atoms with E-state index in [-0.39, 0.29) is 18.1 Å². The summed E-state index contributed by atoms with van der Waals surface area (Å²) in [6.45, 7) is 1.78. The van der Waals surface area contributed by atoms with Gasteiger partial charge in [-0.15, -0.1) is 0 Å². The van der Waals surface area contributed by atoms with Gasteiger partial charge in [0.15, 0.2) is 0 Å². The minimum Gasteiger partial charge on any atom is -0.369 e. The Bertz CT molecular complexity index is 433. The van der Waals surface area contributed by atoms with Crippen LogP contribution in [0.15, 0.2) is 30.3 Å². The van der Waals surface area contributed by atoms with E-state index < -0.39 is 11.8 Å². The number of carbonyl (C=O) groups is 2. The number of primary amides is 1. The maximum Gasteiger partial charge on any atom is 0.315 e. The van der Waals surface area contributed by atoms with Crippen LogP contribution in [0.5, 0.6) is 0 Å². The van der Waals surface area contributed by atoms with Crippen LogP contribution in [0.2, 0.25) is 0 Å². The first kappa shape index (κ1) is 11.4. The van der Waals surface area contributed by atoms with Crippen LogP contribution in [0.25, 0.3) is 0 Å². The Kier molecular flexibility index (Phi) is 2.99. The first-order valence-electron chi connectivity index (χ1n) is 5.51. The van der Waals surface area contributed by atoms with Crippen LogP contribution in [-0.4, -0.2) is 18.0 Å². The number of hydrogen-bond donors (Lipinski definition) is 3. The highest BCUT2D eigenvalue weighted by atomic mass is 16.2. The molecule has 0 radical (unpaired) electrons. The van der Waals surface area contributed by atoms with E-state index in [0.29, 0.717) is 0 Å². The summed E-state index contributed by atoms with van der Waals surface area (Å²) in [4.78, 5) is 22.9. The van der Waals surface area contributed by atoms with Crippen molar-refractivity contribution in [2.75, 3.05) is 0 Å². The molecule has 0 aromatic heterocycles. The lowest BCUT2D eigenvalue weighted by Gasteiger charge is -2.36. The number of carbonyl (C=O) groups excluding carboxylic acids is 2. The lowest BCUT2D eigenvalue weighted by Crippen LogP contribution is -2.58. The lowest BCUT2D eigenvalue weighted by atomic mass is 9.85. The van der Waals surface area contributed by atoms with Crippen LogP contribution in [0.3, 0.4) is 0 Å². The molecule has 3 unspecified atom stereocenters. The van der Waals surface area contributed by atoms with Gasteiger partial charge in [-0.2, -0.15) is 0 Å². The Morgan fingerprint density at radius 2 is 1.88 bits per heavy atom. The average molecular weight is 233 g/mol. The van der Waals surface area contributed by atoms with Crippen LogP contribution in [0.1, 0.15) is 18.5 Å². The van der Waals surface area contributed by atoms with E-state index in [0.717, 1.165) is 5.56 Å². The van der Waals surface area contributed by atoms with Crippen molar-refractivity contribution in [3.8, 4) is 0 Å². The van der Waals surface area contributed by atoms with Crippen molar-refractivity contribution >= 4 is 11.9 Å². The van der Waals surface area contributed by atoms with Crippen LogP contribution in [-0.2, 0) is 4.79 Å². The molecule has 2 rings (SSSR count). The van der Waals surface area contributed by atoms with Crippen molar-refractivity contribution in [1.82, 2.24) is 10.6 Å². The molecule has 1 heterocycles. The van der Waals surface area contributed by atoms with E-state index >= 15 is 0 Å². The molecule has 0 bridgehead atoms. The van der Waals surface area contributed by atoms with Gasteiger partial charge in [0, 0.05) is 6.04 Å². The van der Waals surface area contributed by atoms with E-state index in [1.54, 1.807) is 6.92 Å². The Balaban J connectivity index is 2.34. The van der Waals surface area contributed by atoms with Crippen LogP contribution < -0.4 is 16.4 Å². The minimum absolute atomic E-state index is 0.272. The van der Waals surface area contributed by atoms with E-state index in [4.69, 9.17) is 5.73 Å². The molecule has 0 saturated carbocycles. The van der Waals surface area contributed by atoms with Crippen molar-refractivity contribution in [3.05, 3.63) is 35.9 Å². The quantitative estimate of drug-likeness (QED) is 0.696. The number of hydrogen-bond acceptors (Lipinski definition) is 2. The summed E-state index contributed by atoms with van der Waals surface area (Å²) in [5.74, 6) is -0.867. The monoisotopic (exact) mass is 233 g/mol. The zero-order valence-corrected chi connectivity index (χ0v) is 9.51. The smallest absolute Gasteiger partial charge is 0.315 e. The molecule has 5 heteroatoms. The van der Waals surface area contributed by atoms with Crippen molar-refractivity contribution in [2.45, 2.75) is 19.0 Å². The molecule has 5 nitrogen and oxygen atoms in total. The lowest BCUT2D eigenvalue weighted by molar-refractivity contribution is -0.123. The molecule has 1 aromatic rings. The van der Waals surface area contributed by atoms with Crippen LogP contribution >= 0.6 is 0 Å². The molecule has 4 N–H and O–H groups in total. The maximum atomic E-state index is 11.5. The third kappa shape index (κ3) is 2.22. The molecule has 0 aliphatic carbocycles. The summed E-state index contributed by atoms with van der Waals surface area (Å²) < 4.78 is 0. The standard InChI is InChI=1S/C12H15N3O2/c1-7-9(11(13)16)10(15-12(17)14-7)8-5-3-2-4-6-8/h2-7,9-10H,1H3,(H2,13,16)(H2,14,15,17). The zero-order valence-electron chi connectivity index (χ0n) is 9.51. The van der Waals surface area contributed by atoms with Gasteiger partial charge in [0.05, 0.1) is 12.0 Å². The van der Waals surface area contributed by atoms with Crippen LogP contribution in [0.4, 0.5) is 4.79 Å². The summed E-state index contributed by atoms with van der Waals surface area (Å²) in [7, 11) is 0. The van der Waals surface area contributed by atoms with Gasteiger partial charge in [-0.3, -0.25) is 4.79 Å². The number of urea groups is 1. The number of nitrogens with two attached hydrogens (primary N) is 1. The largest absolute Gasteiger partial charge is 0.369 e. The molecule has 1 aliphatic rings. The third-order valence-corrected chi connectivity index (χ3v) is 3.03. The molecule has 1 aliphatic heterocycles. The average Bonchev–Trinajstić information content (AvgIpc) is 2.28. The summed E-state index contributed by atoms with van der Waals surface area (Å²) in [5, 5.41) is 5.40. The van der Waals surface area contributed by atoms with E-state index in [2.05, 4.69) is 10.6 Å². The second-order valence-electron chi connectivity index (χ2n) is 4.22. The SMILES string of the molecule is CC1NC(=O)NC(c2ccccc2)C1C(N)=O. The molecular weight excluding hydrogens is 218 g/mol. The maximum absolute atomic E-state index is 11.5. The predicted octanol–water partition coefficient (Wildman–Crippen LogP) is 0.531. The molecule has 1 aromatic carbocycles. The Labute approximate surface area is 99.4 Å². The molecule has 0 spiro atoms. The molecule has 1 fully saturated rings. The van der Waals surface area contributed by atoms with E-state index in [1.807, 2.05) is 30.3 Å². The van der Waals surface area contributed by atoms with Crippen molar-refractivity contribution in [1.29, 1.82) is 0 Å². The van der Waals surface area contributed by atoms with E-state index in [1.165, 1.54) is 0 Å². The summed E-state index contributed by atoms with van der Waals surface area (Å²) in [5.41, 5.74) is 6.29. The van der Waals surface area contributed by atoms with Gasteiger partial charge >= 0.3 is 6.03 Å². The van der Waals surface area contributed by atoms with Crippen LogP contribution in [0, 0.1) is 5.92 Å². The third-order valence-electron chi connectivity index (χ3n) is 3.03. The number of nitrogens with one attached hydrogen (secondary N) is 2. The Hall–Kier alpha value is -2.04. The molecule has 3 atom stereocenters. The van der Waals surface area contributed by atoms with Gasteiger partial charge in [-0.05, 0) is 12.5 Å². The Morgan fingerprint density at radius 1 is 1.24 bits per heavy atom. The fourth-order valence-corrected chi connectivity index (χ4v) is 2.22. The van der Waals surface area contributed by atoms with Gasteiger partial charge in [-0.25, -0.2) is 4.79 Å². The summed E-state index contributed by atoms with van der Waals surface area (Å²) >= 11 is 0. The molecule has 3 amide bonds. The zero-order chi connectivity index (χ0) is 12.4. The molecular formula is C12H15N3O2.